The summed E-state index contributed by atoms with van der Waals surface area (Å²) in [6, 6.07) is 14.3. The predicted octanol–water partition coefficient (Wildman–Crippen LogP) is 5.89. The molecule has 0 aliphatic heterocycles. The van der Waals surface area contributed by atoms with E-state index in [-0.39, 0.29) is 36.7 Å². The van der Waals surface area contributed by atoms with E-state index in [9.17, 15) is 9.59 Å². The first kappa shape index (κ1) is 28.2. The lowest BCUT2D eigenvalue weighted by Crippen LogP contribution is -2.16. The fourth-order valence-corrected chi connectivity index (χ4v) is 5.12. The third-order valence-electron chi connectivity index (χ3n) is 5.48. The van der Waals surface area contributed by atoms with Crippen molar-refractivity contribution in [2.24, 2.45) is 0 Å². The van der Waals surface area contributed by atoms with E-state index in [1.54, 1.807) is 54.5 Å². The number of benzene rings is 2. The average Bonchev–Trinajstić information content (AvgIpc) is 3.55. The monoisotopic (exact) mass is 565 g/mol. The van der Waals surface area contributed by atoms with Crippen molar-refractivity contribution in [3.05, 3.63) is 78.1 Å². The number of nitrogens with two attached hydrogens (primary N) is 1. The molecule has 0 atom stereocenters. The quantitative estimate of drug-likeness (QED) is 0.151. The number of hydrogen-bond donors (Lipinski definition) is 3. The van der Waals surface area contributed by atoms with E-state index in [0.29, 0.717) is 33.9 Å². The smallest absolute Gasteiger partial charge is 0.230 e. The van der Waals surface area contributed by atoms with Gasteiger partial charge in [-0.05, 0) is 29.8 Å². The first-order chi connectivity index (χ1) is 18.7. The van der Waals surface area contributed by atoms with E-state index in [4.69, 9.17) is 14.9 Å². The van der Waals surface area contributed by atoms with E-state index in [0.717, 1.165) is 15.5 Å². The van der Waals surface area contributed by atoms with Gasteiger partial charge in [-0.15, -0.1) is 11.8 Å². The molecule has 0 unspecified atom stereocenters. The van der Waals surface area contributed by atoms with Crippen LogP contribution < -0.4 is 21.1 Å². The van der Waals surface area contributed by atoms with Crippen molar-refractivity contribution < 1.29 is 18.7 Å². The van der Waals surface area contributed by atoms with Gasteiger partial charge in [-0.3, -0.25) is 9.59 Å². The molecule has 2 aromatic heterocycles. The zero-order valence-electron chi connectivity index (χ0n) is 22.0. The van der Waals surface area contributed by atoms with E-state index in [2.05, 4.69) is 41.4 Å². The number of aromatic nitrogens is 2. The van der Waals surface area contributed by atoms with E-state index < -0.39 is 0 Å². The van der Waals surface area contributed by atoms with Crippen molar-refractivity contribution in [2.45, 2.75) is 49.0 Å². The van der Waals surface area contributed by atoms with Crippen molar-refractivity contribution in [3.8, 4) is 5.75 Å². The molecule has 0 bridgehead atoms. The fourth-order valence-electron chi connectivity index (χ4n) is 3.38. The first-order valence-corrected chi connectivity index (χ1v) is 14.2. The third kappa shape index (κ3) is 8.59. The molecule has 11 heteroatoms. The number of thioether (sulfide) groups is 1. The molecule has 4 rings (SSSR count). The van der Waals surface area contributed by atoms with Gasteiger partial charge in [0.05, 0.1) is 53.2 Å². The number of carbonyl (C=O) groups is 2. The molecule has 0 radical (unpaired) electrons. The Labute approximate surface area is 235 Å². The lowest BCUT2D eigenvalue weighted by molar-refractivity contribution is -0.117. The number of para-hydroxylation sites is 2. The maximum absolute atomic E-state index is 12.5. The molecule has 4 aromatic rings. The van der Waals surface area contributed by atoms with Gasteiger partial charge < -0.3 is 25.5 Å². The molecule has 4 N–H and O–H groups in total. The normalized spacial score (nSPS) is 11.3. The molecule has 0 fully saturated rings. The van der Waals surface area contributed by atoms with E-state index in [1.165, 1.54) is 11.3 Å². The van der Waals surface area contributed by atoms with Gasteiger partial charge in [0, 0.05) is 5.41 Å². The van der Waals surface area contributed by atoms with Crippen LogP contribution in [0.5, 0.6) is 5.75 Å². The molecule has 2 amide bonds. The maximum atomic E-state index is 12.5. The predicted molar refractivity (Wildman–Crippen MR) is 155 cm³/mol. The number of thiazole rings is 1. The van der Waals surface area contributed by atoms with Crippen molar-refractivity contribution >= 4 is 51.4 Å². The van der Waals surface area contributed by atoms with Gasteiger partial charge in [-0.1, -0.05) is 56.4 Å². The molecule has 0 aliphatic rings. The van der Waals surface area contributed by atoms with Gasteiger partial charge in [0.2, 0.25) is 17.7 Å². The van der Waals surface area contributed by atoms with E-state index >= 15 is 0 Å². The van der Waals surface area contributed by atoms with Gasteiger partial charge in [0.25, 0.3) is 0 Å². The highest BCUT2D eigenvalue weighted by Gasteiger charge is 2.19. The van der Waals surface area contributed by atoms with E-state index in [1.807, 2.05) is 18.2 Å². The Bertz CT molecular complexity index is 1410. The molecule has 9 nitrogen and oxygen atoms in total. The molecule has 39 heavy (non-hydrogen) atoms. The largest absolute Gasteiger partial charge is 0.493 e. The summed E-state index contributed by atoms with van der Waals surface area (Å²) in [6.07, 6.45) is 3.90. The summed E-state index contributed by atoms with van der Waals surface area (Å²) in [7, 11) is 0. The summed E-state index contributed by atoms with van der Waals surface area (Å²) < 4.78 is 12.4. The van der Waals surface area contributed by atoms with Gasteiger partial charge in [0.15, 0.2) is 5.13 Å². The molecule has 204 valence electrons. The minimum atomic E-state index is -0.183. The number of nitrogens with one attached hydrogen (secondary N) is 2. The van der Waals surface area contributed by atoms with Crippen LogP contribution in [0.25, 0.3) is 0 Å². The van der Waals surface area contributed by atoms with Gasteiger partial charge in [-0.25, -0.2) is 9.97 Å². The summed E-state index contributed by atoms with van der Waals surface area (Å²) in [4.78, 5) is 33.3. The minimum absolute atomic E-state index is 0.0815. The number of amides is 2. The lowest BCUT2D eigenvalue weighted by Gasteiger charge is -2.12. The Morgan fingerprint density at radius 2 is 1.79 bits per heavy atom. The summed E-state index contributed by atoms with van der Waals surface area (Å²) >= 11 is 2.97. The van der Waals surface area contributed by atoms with Gasteiger partial charge in [-0.2, -0.15) is 0 Å². The van der Waals surface area contributed by atoms with Crippen molar-refractivity contribution in [3.63, 3.8) is 0 Å². The van der Waals surface area contributed by atoms with Crippen LogP contribution in [-0.4, -0.2) is 28.4 Å². The zero-order chi connectivity index (χ0) is 27.8. The SMILES string of the molecule is CC(C)(C)c1cnc(CSc2cnc(NC(=O)Cc3ccc(OCCC(=O)Nc4ccccc4N)cc3)s2)o1. The Morgan fingerprint density at radius 1 is 1.03 bits per heavy atom. The van der Waals surface area contributed by atoms with Crippen molar-refractivity contribution in [1.29, 1.82) is 0 Å². The van der Waals surface area contributed by atoms with Gasteiger partial charge >= 0.3 is 0 Å². The fraction of sp³-hybridized carbons (Fsp3) is 0.286. The second-order valence-corrected chi connectivity index (χ2v) is 12.1. The molecule has 2 aromatic carbocycles. The number of rotatable bonds is 11. The molecule has 0 spiro atoms. The second-order valence-electron chi connectivity index (χ2n) is 9.74. The molecule has 0 saturated heterocycles. The highest BCUT2D eigenvalue weighted by Crippen LogP contribution is 2.32. The topological polar surface area (TPSA) is 132 Å². The van der Waals surface area contributed by atoms with Crippen LogP contribution in [-0.2, 0) is 27.2 Å². The summed E-state index contributed by atoms with van der Waals surface area (Å²) in [5.74, 6) is 2.38. The van der Waals surface area contributed by atoms with Crippen LogP contribution >= 0.6 is 23.1 Å². The number of anilines is 3. The number of carbonyl (C=O) groups excluding carboxylic acids is 2. The lowest BCUT2D eigenvalue weighted by atomic mass is 9.94. The number of hydrogen-bond acceptors (Lipinski definition) is 9. The Hall–Kier alpha value is -3.83. The average molecular weight is 566 g/mol. The Morgan fingerprint density at radius 3 is 2.51 bits per heavy atom. The van der Waals surface area contributed by atoms with Gasteiger partial charge in [0.1, 0.15) is 11.5 Å². The summed E-state index contributed by atoms with van der Waals surface area (Å²) in [6.45, 7) is 6.46. The Balaban J connectivity index is 1.17. The van der Waals surface area contributed by atoms with Crippen LogP contribution in [0, 0.1) is 0 Å². The maximum Gasteiger partial charge on any atom is 0.230 e. The van der Waals surface area contributed by atoms with Crippen LogP contribution in [0.15, 0.2) is 69.6 Å². The third-order valence-corrected chi connectivity index (χ3v) is 7.57. The van der Waals surface area contributed by atoms with Crippen molar-refractivity contribution in [1.82, 2.24) is 9.97 Å². The van der Waals surface area contributed by atoms with Crippen LogP contribution in [0.4, 0.5) is 16.5 Å². The zero-order valence-corrected chi connectivity index (χ0v) is 23.7. The highest BCUT2D eigenvalue weighted by atomic mass is 32.2. The van der Waals surface area contributed by atoms with Crippen LogP contribution in [0.2, 0.25) is 0 Å². The van der Waals surface area contributed by atoms with Crippen LogP contribution in [0.3, 0.4) is 0 Å². The number of nitrogen functional groups attached to an aromatic ring is 1. The molecule has 0 saturated carbocycles. The molecular formula is C28H31N5O4S2. The van der Waals surface area contributed by atoms with Crippen LogP contribution in [0.1, 0.15) is 44.4 Å². The highest BCUT2D eigenvalue weighted by molar-refractivity contribution is 8.00. The molecule has 2 heterocycles. The Kier molecular flexibility index (Phi) is 9.26. The standard InChI is InChI=1S/C28H31N5O4S2/c1-28(2,3)22-15-30-25(37-22)17-38-26-16-31-27(39-26)33-24(35)14-18-8-10-19(11-9-18)36-13-12-23(34)32-21-7-5-4-6-20(21)29/h4-11,15-16H,12-14,17,29H2,1-3H3,(H,32,34)(H,31,33,35). The minimum Gasteiger partial charge on any atom is -0.493 e. The number of ether oxygens (including phenoxy) is 1. The number of nitrogens with zero attached hydrogens (tertiary/aromatic N) is 2. The second kappa shape index (κ2) is 12.8. The molecular weight excluding hydrogens is 534 g/mol. The summed E-state index contributed by atoms with van der Waals surface area (Å²) in [5.41, 5.74) is 7.69. The number of oxazole rings is 1. The van der Waals surface area contributed by atoms with Crippen molar-refractivity contribution in [2.75, 3.05) is 23.0 Å². The summed E-state index contributed by atoms with van der Waals surface area (Å²) in [5, 5.41) is 6.16. The first-order valence-electron chi connectivity index (χ1n) is 12.4. The molecule has 0 aliphatic carbocycles.